The number of carbonyl (C=O) groups is 1. The van der Waals surface area contributed by atoms with Crippen LogP contribution in [0.5, 0.6) is 0 Å². The van der Waals surface area contributed by atoms with Crippen LogP contribution < -0.4 is 0 Å². The van der Waals surface area contributed by atoms with Crippen LogP contribution in [0.1, 0.15) is 52.9 Å². The van der Waals surface area contributed by atoms with E-state index in [2.05, 4.69) is 11.8 Å². The smallest absolute Gasteiger partial charge is 0.224 e. The Labute approximate surface area is 159 Å². The number of ether oxygens (including phenoxy) is 3. The highest BCUT2D eigenvalue weighted by molar-refractivity contribution is 5.76. The average molecular weight is 371 g/mol. The molecule has 26 heavy (non-hydrogen) atoms. The molecule has 0 aliphatic carbocycles. The first kappa shape index (κ1) is 21.6. The van der Waals surface area contributed by atoms with Crippen molar-refractivity contribution in [2.45, 2.75) is 71.2 Å². The fourth-order valence-corrected chi connectivity index (χ4v) is 3.69. The molecule has 6 nitrogen and oxygen atoms in total. The van der Waals surface area contributed by atoms with E-state index in [0.29, 0.717) is 32.3 Å². The number of rotatable bonds is 11. The Kier molecular flexibility index (Phi) is 9.89. The molecule has 0 aromatic rings. The van der Waals surface area contributed by atoms with Gasteiger partial charge >= 0.3 is 0 Å². The summed E-state index contributed by atoms with van der Waals surface area (Å²) in [6.45, 7) is 12.9. The van der Waals surface area contributed by atoms with Gasteiger partial charge in [0.1, 0.15) is 0 Å². The number of hydrogen-bond acceptors (Lipinski definition) is 5. The predicted molar refractivity (Wildman–Crippen MR) is 102 cm³/mol. The highest BCUT2D eigenvalue weighted by atomic mass is 16.5. The van der Waals surface area contributed by atoms with Crippen molar-refractivity contribution in [1.82, 2.24) is 9.80 Å². The fourth-order valence-electron chi connectivity index (χ4n) is 3.69. The van der Waals surface area contributed by atoms with Crippen LogP contribution in [-0.4, -0.2) is 86.6 Å². The molecule has 2 saturated heterocycles. The molecule has 2 aliphatic rings. The Balaban J connectivity index is 1.54. The SMILES string of the molecule is CCCN1CCC(OC2CCN(C(=O)CCOCCOC(C)C)C2)CC1. The molecule has 1 amide bonds. The second-order valence-corrected chi connectivity index (χ2v) is 7.71. The van der Waals surface area contributed by atoms with E-state index in [1.54, 1.807) is 0 Å². The van der Waals surface area contributed by atoms with Gasteiger partial charge in [0.25, 0.3) is 0 Å². The van der Waals surface area contributed by atoms with Gasteiger partial charge in [-0.2, -0.15) is 0 Å². The lowest BCUT2D eigenvalue weighted by molar-refractivity contribution is -0.132. The summed E-state index contributed by atoms with van der Waals surface area (Å²) in [5.74, 6) is 0.179. The zero-order valence-electron chi connectivity index (χ0n) is 17.0. The van der Waals surface area contributed by atoms with Crippen LogP contribution in [0.4, 0.5) is 0 Å². The lowest BCUT2D eigenvalue weighted by Crippen LogP contribution is -2.39. The fraction of sp³-hybridized carbons (Fsp3) is 0.950. The molecule has 2 fully saturated rings. The number of carbonyl (C=O) groups excluding carboxylic acids is 1. The Hall–Kier alpha value is -0.690. The minimum absolute atomic E-state index is 0.179. The molecule has 1 unspecified atom stereocenters. The number of nitrogens with zero attached hydrogens (tertiary/aromatic N) is 2. The maximum atomic E-state index is 12.3. The predicted octanol–water partition coefficient (Wildman–Crippen LogP) is 2.31. The van der Waals surface area contributed by atoms with E-state index >= 15 is 0 Å². The van der Waals surface area contributed by atoms with Crippen LogP contribution in [-0.2, 0) is 19.0 Å². The molecule has 0 aromatic heterocycles. The van der Waals surface area contributed by atoms with Gasteiger partial charge in [-0.15, -0.1) is 0 Å². The molecule has 152 valence electrons. The summed E-state index contributed by atoms with van der Waals surface area (Å²) < 4.78 is 17.2. The van der Waals surface area contributed by atoms with Gasteiger partial charge in [0.05, 0.1) is 44.6 Å². The van der Waals surface area contributed by atoms with Crippen LogP contribution in [0.15, 0.2) is 0 Å². The molecular weight excluding hydrogens is 332 g/mol. The monoisotopic (exact) mass is 370 g/mol. The molecule has 2 rings (SSSR count). The first-order valence-corrected chi connectivity index (χ1v) is 10.4. The zero-order chi connectivity index (χ0) is 18.8. The van der Waals surface area contributed by atoms with Crippen LogP contribution in [0.3, 0.4) is 0 Å². The lowest BCUT2D eigenvalue weighted by atomic mass is 10.1. The Morgan fingerprint density at radius 2 is 1.77 bits per heavy atom. The van der Waals surface area contributed by atoms with Gasteiger partial charge in [-0.25, -0.2) is 0 Å². The topological polar surface area (TPSA) is 51.2 Å². The van der Waals surface area contributed by atoms with Gasteiger partial charge in [-0.3, -0.25) is 4.79 Å². The summed E-state index contributed by atoms with van der Waals surface area (Å²) in [6.07, 6.45) is 5.68. The summed E-state index contributed by atoms with van der Waals surface area (Å²) in [4.78, 5) is 16.8. The second kappa shape index (κ2) is 11.9. The standard InChI is InChI=1S/C20H38N2O4/c1-4-9-21-10-5-18(6-11-21)26-19-7-12-22(16-19)20(23)8-13-24-14-15-25-17(2)3/h17-19H,4-16H2,1-3H3. The van der Waals surface area contributed by atoms with Gasteiger partial charge in [0.2, 0.25) is 5.91 Å². The first-order valence-electron chi connectivity index (χ1n) is 10.4. The maximum absolute atomic E-state index is 12.3. The van der Waals surface area contributed by atoms with Crippen molar-refractivity contribution >= 4 is 5.91 Å². The van der Waals surface area contributed by atoms with E-state index in [4.69, 9.17) is 14.2 Å². The molecule has 0 bridgehead atoms. The lowest BCUT2D eigenvalue weighted by Gasteiger charge is -2.33. The van der Waals surface area contributed by atoms with Crippen LogP contribution >= 0.6 is 0 Å². The molecule has 0 aromatic carbocycles. The van der Waals surface area contributed by atoms with E-state index in [0.717, 1.165) is 45.4 Å². The molecule has 2 aliphatic heterocycles. The van der Waals surface area contributed by atoms with Crippen molar-refractivity contribution in [3.63, 3.8) is 0 Å². The van der Waals surface area contributed by atoms with Crippen molar-refractivity contribution in [3.8, 4) is 0 Å². The third kappa shape index (κ3) is 7.91. The van der Waals surface area contributed by atoms with Crippen molar-refractivity contribution in [2.75, 3.05) is 52.5 Å². The minimum Gasteiger partial charge on any atom is -0.379 e. The van der Waals surface area contributed by atoms with Crippen molar-refractivity contribution < 1.29 is 19.0 Å². The number of hydrogen-bond donors (Lipinski definition) is 0. The van der Waals surface area contributed by atoms with Gasteiger partial charge in [-0.05, 0) is 46.1 Å². The highest BCUT2D eigenvalue weighted by Crippen LogP contribution is 2.21. The summed E-state index contributed by atoms with van der Waals surface area (Å²) in [5, 5.41) is 0. The molecule has 0 N–H and O–H groups in total. The van der Waals surface area contributed by atoms with E-state index in [9.17, 15) is 4.79 Å². The highest BCUT2D eigenvalue weighted by Gasteiger charge is 2.29. The summed E-state index contributed by atoms with van der Waals surface area (Å²) in [5.41, 5.74) is 0. The molecule has 2 heterocycles. The van der Waals surface area contributed by atoms with E-state index < -0.39 is 0 Å². The third-order valence-corrected chi connectivity index (χ3v) is 5.10. The van der Waals surface area contributed by atoms with Gasteiger partial charge < -0.3 is 24.0 Å². The summed E-state index contributed by atoms with van der Waals surface area (Å²) >= 11 is 0. The van der Waals surface area contributed by atoms with Crippen LogP contribution in [0.25, 0.3) is 0 Å². The molecule has 1 atom stereocenters. The molecule has 6 heteroatoms. The minimum atomic E-state index is 0.179. The second-order valence-electron chi connectivity index (χ2n) is 7.71. The Morgan fingerprint density at radius 1 is 1.04 bits per heavy atom. The van der Waals surface area contributed by atoms with Crippen molar-refractivity contribution in [2.24, 2.45) is 0 Å². The first-order chi connectivity index (χ1) is 12.6. The molecule has 0 radical (unpaired) electrons. The maximum Gasteiger partial charge on any atom is 0.224 e. The van der Waals surface area contributed by atoms with Gasteiger partial charge in [0, 0.05) is 26.2 Å². The van der Waals surface area contributed by atoms with Crippen LogP contribution in [0.2, 0.25) is 0 Å². The quantitative estimate of drug-likeness (QED) is 0.523. The largest absolute Gasteiger partial charge is 0.379 e. The van der Waals surface area contributed by atoms with Gasteiger partial charge in [0.15, 0.2) is 0 Å². The Bertz CT molecular complexity index is 397. The average Bonchev–Trinajstić information content (AvgIpc) is 3.08. The number of likely N-dealkylation sites (tertiary alicyclic amines) is 2. The van der Waals surface area contributed by atoms with Crippen LogP contribution in [0, 0.1) is 0 Å². The van der Waals surface area contributed by atoms with E-state index in [-0.39, 0.29) is 18.1 Å². The zero-order valence-corrected chi connectivity index (χ0v) is 17.0. The normalized spacial score (nSPS) is 22.5. The van der Waals surface area contributed by atoms with Gasteiger partial charge in [-0.1, -0.05) is 6.92 Å². The number of piperidine rings is 1. The molecular formula is C20H38N2O4. The molecule has 0 saturated carbocycles. The Morgan fingerprint density at radius 3 is 2.46 bits per heavy atom. The van der Waals surface area contributed by atoms with Crippen molar-refractivity contribution in [1.29, 1.82) is 0 Å². The summed E-state index contributed by atoms with van der Waals surface area (Å²) in [7, 11) is 0. The number of amides is 1. The molecule has 0 spiro atoms. The summed E-state index contributed by atoms with van der Waals surface area (Å²) in [6, 6.07) is 0. The third-order valence-electron chi connectivity index (χ3n) is 5.10. The van der Waals surface area contributed by atoms with E-state index in [1.807, 2.05) is 18.7 Å². The van der Waals surface area contributed by atoms with E-state index in [1.165, 1.54) is 13.0 Å². The van der Waals surface area contributed by atoms with Crippen molar-refractivity contribution in [3.05, 3.63) is 0 Å².